The number of aliphatic carboxylic acids is 1. The van der Waals surface area contributed by atoms with Gasteiger partial charge in [-0.1, -0.05) is 60.7 Å². The number of carbonyl (C=O) groups is 1. The van der Waals surface area contributed by atoms with Crippen molar-refractivity contribution in [2.45, 2.75) is 19.0 Å². The van der Waals surface area contributed by atoms with Crippen LogP contribution in [0, 0.1) is 5.92 Å². The first kappa shape index (κ1) is 13.8. The standard InChI is InChI=1S/C18H19NO2/c1-13-16(18(20)21)12-19(13)17(14-8-4-2-5-9-14)15-10-6-3-7-11-15/h2-11,13,16-17H,12H2,1H3,(H,20,21). The Morgan fingerprint density at radius 1 is 1.05 bits per heavy atom. The van der Waals surface area contributed by atoms with Crippen molar-refractivity contribution in [3.05, 3.63) is 71.8 Å². The van der Waals surface area contributed by atoms with Gasteiger partial charge in [0.15, 0.2) is 0 Å². The molecule has 0 saturated carbocycles. The first-order chi connectivity index (χ1) is 10.2. The largest absolute Gasteiger partial charge is 0.481 e. The van der Waals surface area contributed by atoms with E-state index in [4.69, 9.17) is 0 Å². The summed E-state index contributed by atoms with van der Waals surface area (Å²) in [6.07, 6.45) is 0. The van der Waals surface area contributed by atoms with Crippen LogP contribution in [0.4, 0.5) is 0 Å². The quantitative estimate of drug-likeness (QED) is 0.935. The average Bonchev–Trinajstić information content (AvgIpc) is 2.51. The third kappa shape index (κ3) is 2.57. The normalized spacial score (nSPS) is 22.0. The average molecular weight is 281 g/mol. The van der Waals surface area contributed by atoms with Gasteiger partial charge in [-0.15, -0.1) is 0 Å². The molecule has 1 saturated heterocycles. The second kappa shape index (κ2) is 5.70. The molecule has 0 aromatic heterocycles. The summed E-state index contributed by atoms with van der Waals surface area (Å²) in [7, 11) is 0. The van der Waals surface area contributed by atoms with E-state index < -0.39 is 5.97 Å². The molecule has 1 N–H and O–H groups in total. The lowest BCUT2D eigenvalue weighted by Crippen LogP contribution is -2.58. The molecule has 2 unspecified atom stereocenters. The van der Waals surface area contributed by atoms with E-state index in [9.17, 15) is 9.90 Å². The Morgan fingerprint density at radius 2 is 1.52 bits per heavy atom. The van der Waals surface area contributed by atoms with Crippen LogP contribution >= 0.6 is 0 Å². The molecular formula is C18H19NO2. The number of rotatable bonds is 4. The molecular weight excluding hydrogens is 262 g/mol. The van der Waals surface area contributed by atoms with Gasteiger partial charge >= 0.3 is 5.97 Å². The van der Waals surface area contributed by atoms with Crippen molar-refractivity contribution in [2.75, 3.05) is 6.54 Å². The fourth-order valence-electron chi connectivity index (χ4n) is 3.11. The smallest absolute Gasteiger partial charge is 0.309 e. The highest BCUT2D eigenvalue weighted by Gasteiger charge is 2.44. The van der Waals surface area contributed by atoms with E-state index in [1.807, 2.05) is 43.3 Å². The van der Waals surface area contributed by atoms with Gasteiger partial charge in [0, 0.05) is 12.6 Å². The number of likely N-dealkylation sites (tertiary alicyclic amines) is 1. The number of hydrogen-bond acceptors (Lipinski definition) is 2. The van der Waals surface area contributed by atoms with E-state index in [2.05, 4.69) is 29.2 Å². The molecule has 3 heteroatoms. The van der Waals surface area contributed by atoms with Gasteiger partial charge in [-0.2, -0.15) is 0 Å². The minimum atomic E-state index is -0.696. The Morgan fingerprint density at radius 3 is 1.90 bits per heavy atom. The Bertz CT molecular complexity index is 572. The lowest BCUT2D eigenvalue weighted by Gasteiger charge is -2.49. The SMILES string of the molecule is CC1C(C(=O)O)CN1C(c1ccccc1)c1ccccc1. The summed E-state index contributed by atoms with van der Waals surface area (Å²) in [4.78, 5) is 13.5. The van der Waals surface area contributed by atoms with Crippen molar-refractivity contribution < 1.29 is 9.90 Å². The van der Waals surface area contributed by atoms with Crippen LogP contribution < -0.4 is 0 Å². The fourth-order valence-corrected chi connectivity index (χ4v) is 3.11. The second-order valence-corrected chi connectivity index (χ2v) is 5.61. The zero-order valence-corrected chi connectivity index (χ0v) is 12.0. The summed E-state index contributed by atoms with van der Waals surface area (Å²) in [6, 6.07) is 20.7. The molecule has 0 bridgehead atoms. The maximum absolute atomic E-state index is 11.2. The van der Waals surface area contributed by atoms with Crippen LogP contribution in [0.2, 0.25) is 0 Å². The summed E-state index contributed by atoms with van der Waals surface area (Å²) < 4.78 is 0. The summed E-state index contributed by atoms with van der Waals surface area (Å²) >= 11 is 0. The zero-order valence-electron chi connectivity index (χ0n) is 12.0. The van der Waals surface area contributed by atoms with Crippen molar-refractivity contribution in [3.8, 4) is 0 Å². The predicted octanol–water partition coefficient (Wildman–Crippen LogP) is 3.18. The van der Waals surface area contributed by atoms with Crippen LogP contribution in [0.1, 0.15) is 24.1 Å². The Balaban J connectivity index is 1.94. The predicted molar refractivity (Wildman–Crippen MR) is 82.0 cm³/mol. The lowest BCUT2D eigenvalue weighted by molar-refractivity contribution is -0.153. The van der Waals surface area contributed by atoms with E-state index in [-0.39, 0.29) is 18.0 Å². The molecule has 1 fully saturated rings. The van der Waals surface area contributed by atoms with Gasteiger partial charge in [-0.25, -0.2) is 0 Å². The number of hydrogen-bond donors (Lipinski definition) is 1. The molecule has 2 aromatic rings. The maximum Gasteiger partial charge on any atom is 0.309 e. The molecule has 3 nitrogen and oxygen atoms in total. The Hall–Kier alpha value is -2.13. The van der Waals surface area contributed by atoms with Crippen molar-refractivity contribution in [2.24, 2.45) is 5.92 Å². The number of benzene rings is 2. The maximum atomic E-state index is 11.2. The van der Waals surface area contributed by atoms with Crippen molar-refractivity contribution in [1.82, 2.24) is 4.90 Å². The van der Waals surface area contributed by atoms with E-state index in [1.165, 1.54) is 11.1 Å². The first-order valence-corrected chi connectivity index (χ1v) is 7.27. The zero-order chi connectivity index (χ0) is 14.8. The lowest BCUT2D eigenvalue weighted by atomic mass is 9.84. The molecule has 2 aromatic carbocycles. The molecule has 2 atom stereocenters. The van der Waals surface area contributed by atoms with Crippen molar-refractivity contribution in [1.29, 1.82) is 0 Å². The van der Waals surface area contributed by atoms with Gasteiger partial charge in [0.25, 0.3) is 0 Å². The fraction of sp³-hybridized carbons (Fsp3) is 0.278. The van der Waals surface area contributed by atoms with Crippen molar-refractivity contribution in [3.63, 3.8) is 0 Å². The summed E-state index contributed by atoms with van der Waals surface area (Å²) in [5.74, 6) is -0.960. The number of carboxylic acid groups (broad SMARTS) is 1. The first-order valence-electron chi connectivity index (χ1n) is 7.27. The van der Waals surface area contributed by atoms with Crippen LogP contribution in [0.15, 0.2) is 60.7 Å². The van der Waals surface area contributed by atoms with E-state index >= 15 is 0 Å². The Kier molecular flexibility index (Phi) is 3.76. The molecule has 108 valence electrons. The molecule has 1 aliphatic heterocycles. The minimum absolute atomic E-state index is 0.0490. The summed E-state index contributed by atoms with van der Waals surface area (Å²) in [5, 5.41) is 9.22. The molecule has 0 spiro atoms. The summed E-state index contributed by atoms with van der Waals surface area (Å²) in [5.41, 5.74) is 2.42. The van der Waals surface area contributed by atoms with Gasteiger partial charge in [-0.05, 0) is 18.1 Å². The molecule has 3 rings (SSSR count). The molecule has 0 radical (unpaired) electrons. The van der Waals surface area contributed by atoms with Gasteiger partial charge < -0.3 is 5.11 Å². The summed E-state index contributed by atoms with van der Waals surface area (Å²) in [6.45, 7) is 2.60. The molecule has 1 heterocycles. The third-order valence-corrected chi connectivity index (χ3v) is 4.39. The molecule has 1 aliphatic rings. The number of carboxylic acids is 1. The van der Waals surface area contributed by atoms with Gasteiger partial charge in [-0.3, -0.25) is 9.69 Å². The van der Waals surface area contributed by atoms with E-state index in [0.717, 1.165) is 0 Å². The molecule has 21 heavy (non-hydrogen) atoms. The second-order valence-electron chi connectivity index (χ2n) is 5.61. The Labute approximate surface area is 124 Å². The number of nitrogens with zero attached hydrogens (tertiary/aromatic N) is 1. The van der Waals surface area contributed by atoms with Crippen LogP contribution in [-0.4, -0.2) is 28.6 Å². The van der Waals surface area contributed by atoms with Gasteiger partial charge in [0.2, 0.25) is 0 Å². The minimum Gasteiger partial charge on any atom is -0.481 e. The van der Waals surface area contributed by atoms with Gasteiger partial charge in [0.05, 0.1) is 12.0 Å². The highest BCUT2D eigenvalue weighted by molar-refractivity contribution is 5.72. The molecule has 0 aliphatic carbocycles. The monoisotopic (exact) mass is 281 g/mol. The topological polar surface area (TPSA) is 40.5 Å². The van der Waals surface area contributed by atoms with E-state index in [1.54, 1.807) is 0 Å². The van der Waals surface area contributed by atoms with E-state index in [0.29, 0.717) is 6.54 Å². The van der Waals surface area contributed by atoms with Gasteiger partial charge in [0.1, 0.15) is 0 Å². The molecule has 0 amide bonds. The van der Waals surface area contributed by atoms with Crippen LogP contribution in [0.5, 0.6) is 0 Å². The van der Waals surface area contributed by atoms with Crippen LogP contribution in [0.25, 0.3) is 0 Å². The highest BCUT2D eigenvalue weighted by Crippen LogP contribution is 2.38. The van der Waals surface area contributed by atoms with Crippen LogP contribution in [-0.2, 0) is 4.79 Å². The highest BCUT2D eigenvalue weighted by atomic mass is 16.4. The van der Waals surface area contributed by atoms with Crippen molar-refractivity contribution >= 4 is 5.97 Å². The third-order valence-electron chi connectivity index (χ3n) is 4.39. The van der Waals surface area contributed by atoms with Crippen LogP contribution in [0.3, 0.4) is 0 Å².